The highest BCUT2D eigenvalue weighted by Gasteiger charge is 2.16. The van der Waals surface area contributed by atoms with E-state index in [4.69, 9.17) is 4.74 Å². The summed E-state index contributed by atoms with van der Waals surface area (Å²) in [7, 11) is 1.56. The van der Waals surface area contributed by atoms with E-state index in [2.05, 4.69) is 16.0 Å². The molecule has 1 fully saturated rings. The average Bonchev–Trinajstić information content (AvgIpc) is 2.59. The van der Waals surface area contributed by atoms with Crippen LogP contribution in [0.4, 0.5) is 0 Å². The fraction of sp³-hybridized carbons (Fsp3) is 0.500. The molecule has 0 spiro atoms. The van der Waals surface area contributed by atoms with Crippen LogP contribution in [-0.2, 0) is 4.79 Å². The maximum absolute atomic E-state index is 12.0. The van der Waals surface area contributed by atoms with E-state index in [-0.39, 0.29) is 17.9 Å². The molecule has 7 heteroatoms. The maximum atomic E-state index is 12.0. The first-order chi connectivity index (χ1) is 11.2. The molecule has 1 aliphatic rings. The molecule has 1 aromatic rings. The summed E-state index contributed by atoms with van der Waals surface area (Å²) in [5.74, 6) is 2.56. The minimum absolute atomic E-state index is 0.0145. The van der Waals surface area contributed by atoms with Crippen molar-refractivity contribution in [2.75, 3.05) is 38.2 Å². The molecule has 1 atom stereocenters. The molecule has 3 N–H and O–H groups in total. The summed E-state index contributed by atoms with van der Waals surface area (Å²) < 4.78 is 5.09. The molecule has 126 valence electrons. The molecule has 1 saturated heterocycles. The molecule has 0 aliphatic carbocycles. The van der Waals surface area contributed by atoms with Gasteiger partial charge in [0.2, 0.25) is 5.91 Å². The van der Waals surface area contributed by atoms with Gasteiger partial charge in [0.1, 0.15) is 5.75 Å². The van der Waals surface area contributed by atoms with Gasteiger partial charge < -0.3 is 20.7 Å². The zero-order valence-electron chi connectivity index (χ0n) is 13.3. The molecular weight excluding hydrogens is 314 g/mol. The lowest BCUT2D eigenvalue weighted by molar-refractivity contribution is -0.121. The molecule has 1 aromatic carbocycles. The number of hydrogen-bond donors (Lipinski definition) is 3. The number of amides is 2. The normalized spacial score (nSPS) is 17.3. The second kappa shape index (κ2) is 9.42. The quantitative estimate of drug-likeness (QED) is 0.636. The van der Waals surface area contributed by atoms with Crippen LogP contribution in [0.2, 0.25) is 0 Å². The van der Waals surface area contributed by atoms with Crippen LogP contribution in [0.5, 0.6) is 5.75 Å². The Bertz CT molecular complexity index is 533. The van der Waals surface area contributed by atoms with Crippen molar-refractivity contribution in [2.24, 2.45) is 0 Å². The number of ether oxygens (including phenoxy) is 1. The molecule has 6 nitrogen and oxygen atoms in total. The minimum Gasteiger partial charge on any atom is -0.497 e. The number of carbonyl (C=O) groups excluding carboxylic acids is 2. The van der Waals surface area contributed by atoms with E-state index in [0.717, 1.165) is 18.1 Å². The summed E-state index contributed by atoms with van der Waals surface area (Å²) in [6.45, 7) is 1.78. The van der Waals surface area contributed by atoms with Crippen LogP contribution in [0.1, 0.15) is 16.8 Å². The SMILES string of the molecule is COc1cccc(C(=O)NCCNC(=O)CC2CSCCN2)c1. The second-order valence-electron chi connectivity index (χ2n) is 5.27. The summed E-state index contributed by atoms with van der Waals surface area (Å²) >= 11 is 1.87. The smallest absolute Gasteiger partial charge is 0.251 e. The molecule has 1 aliphatic heterocycles. The second-order valence-corrected chi connectivity index (χ2v) is 6.42. The summed E-state index contributed by atoms with van der Waals surface area (Å²) in [5, 5.41) is 8.94. The van der Waals surface area contributed by atoms with Crippen molar-refractivity contribution < 1.29 is 14.3 Å². The van der Waals surface area contributed by atoms with Gasteiger partial charge in [0.25, 0.3) is 5.91 Å². The van der Waals surface area contributed by atoms with Crippen LogP contribution in [0.3, 0.4) is 0 Å². The van der Waals surface area contributed by atoms with E-state index >= 15 is 0 Å². The molecule has 1 heterocycles. The van der Waals surface area contributed by atoms with Crippen molar-refractivity contribution in [2.45, 2.75) is 12.5 Å². The fourth-order valence-corrected chi connectivity index (χ4v) is 3.24. The summed E-state index contributed by atoms with van der Waals surface area (Å²) in [6, 6.07) is 7.21. The molecule has 23 heavy (non-hydrogen) atoms. The third-order valence-electron chi connectivity index (χ3n) is 3.49. The number of rotatable bonds is 7. The van der Waals surface area contributed by atoms with Gasteiger partial charge in [-0.2, -0.15) is 11.8 Å². The number of nitrogens with one attached hydrogen (secondary N) is 3. The molecule has 0 radical (unpaired) electrons. The van der Waals surface area contributed by atoms with E-state index in [0.29, 0.717) is 30.8 Å². The monoisotopic (exact) mass is 337 g/mol. The summed E-state index contributed by atoms with van der Waals surface area (Å²) in [5.41, 5.74) is 0.541. The lowest BCUT2D eigenvalue weighted by Crippen LogP contribution is -2.42. The Morgan fingerprint density at radius 2 is 2.17 bits per heavy atom. The molecule has 2 amide bonds. The highest BCUT2D eigenvalue weighted by Crippen LogP contribution is 2.12. The molecule has 0 aromatic heterocycles. The zero-order valence-corrected chi connectivity index (χ0v) is 14.1. The largest absolute Gasteiger partial charge is 0.497 e. The van der Waals surface area contributed by atoms with Gasteiger partial charge in [-0.05, 0) is 18.2 Å². The molecule has 0 saturated carbocycles. The van der Waals surface area contributed by atoms with Crippen molar-refractivity contribution in [3.8, 4) is 5.75 Å². The number of thioether (sulfide) groups is 1. The average molecular weight is 337 g/mol. The van der Waals surface area contributed by atoms with Gasteiger partial charge in [-0.25, -0.2) is 0 Å². The Balaban J connectivity index is 1.64. The van der Waals surface area contributed by atoms with Gasteiger partial charge >= 0.3 is 0 Å². The molecule has 2 rings (SSSR count). The van der Waals surface area contributed by atoms with Crippen molar-refractivity contribution in [3.63, 3.8) is 0 Å². The standard InChI is InChI=1S/C16H23N3O3S/c1-22-14-4-2-3-12(9-14)16(21)19-6-5-18-15(20)10-13-11-23-8-7-17-13/h2-4,9,13,17H,5-8,10-11H2,1H3,(H,18,20)(H,19,21). The lowest BCUT2D eigenvalue weighted by atomic mass is 10.2. The Hall–Kier alpha value is -1.73. The third-order valence-corrected chi connectivity index (χ3v) is 4.63. The Morgan fingerprint density at radius 1 is 1.35 bits per heavy atom. The minimum atomic E-state index is -0.177. The molecular formula is C16H23N3O3S. The van der Waals surface area contributed by atoms with E-state index in [1.165, 1.54) is 0 Å². The van der Waals surface area contributed by atoms with Gasteiger partial charge in [0.05, 0.1) is 7.11 Å². The topological polar surface area (TPSA) is 79.5 Å². The highest BCUT2D eigenvalue weighted by atomic mass is 32.2. The van der Waals surface area contributed by atoms with Gasteiger partial charge in [-0.3, -0.25) is 9.59 Å². The highest BCUT2D eigenvalue weighted by molar-refractivity contribution is 7.99. The van der Waals surface area contributed by atoms with Gasteiger partial charge in [0.15, 0.2) is 0 Å². The third kappa shape index (κ3) is 6.11. The predicted molar refractivity (Wildman–Crippen MR) is 92.1 cm³/mol. The summed E-state index contributed by atoms with van der Waals surface area (Å²) in [4.78, 5) is 23.8. The molecule has 1 unspecified atom stereocenters. The number of benzene rings is 1. The number of methoxy groups -OCH3 is 1. The first-order valence-electron chi connectivity index (χ1n) is 7.69. The van der Waals surface area contributed by atoms with Crippen molar-refractivity contribution in [3.05, 3.63) is 29.8 Å². The van der Waals surface area contributed by atoms with Gasteiger partial charge in [0, 0.05) is 49.2 Å². The van der Waals surface area contributed by atoms with Crippen molar-refractivity contribution >= 4 is 23.6 Å². The van der Waals surface area contributed by atoms with E-state index in [9.17, 15) is 9.59 Å². The van der Waals surface area contributed by atoms with Crippen molar-refractivity contribution in [1.82, 2.24) is 16.0 Å². The van der Waals surface area contributed by atoms with E-state index in [1.54, 1.807) is 31.4 Å². The van der Waals surface area contributed by atoms with Gasteiger partial charge in [-0.15, -0.1) is 0 Å². The number of hydrogen-bond acceptors (Lipinski definition) is 5. The Kier molecular flexibility index (Phi) is 7.22. The van der Waals surface area contributed by atoms with Crippen LogP contribution < -0.4 is 20.7 Å². The van der Waals surface area contributed by atoms with Crippen molar-refractivity contribution in [1.29, 1.82) is 0 Å². The number of carbonyl (C=O) groups is 2. The Labute approximate surface area is 140 Å². The van der Waals surface area contributed by atoms with E-state index in [1.807, 2.05) is 11.8 Å². The maximum Gasteiger partial charge on any atom is 0.251 e. The fourth-order valence-electron chi connectivity index (χ4n) is 2.29. The molecule has 0 bridgehead atoms. The first kappa shape index (κ1) is 17.6. The summed E-state index contributed by atoms with van der Waals surface area (Å²) in [6.07, 6.45) is 0.483. The Morgan fingerprint density at radius 3 is 2.91 bits per heavy atom. The first-order valence-corrected chi connectivity index (χ1v) is 8.84. The van der Waals surface area contributed by atoms with Crippen LogP contribution in [0, 0.1) is 0 Å². The van der Waals surface area contributed by atoms with Gasteiger partial charge in [-0.1, -0.05) is 6.07 Å². The predicted octanol–water partition coefficient (Wildman–Crippen LogP) is 0.636. The van der Waals surface area contributed by atoms with Crippen LogP contribution >= 0.6 is 11.8 Å². The van der Waals surface area contributed by atoms with E-state index < -0.39 is 0 Å². The van der Waals surface area contributed by atoms with Crippen LogP contribution in [0.25, 0.3) is 0 Å². The van der Waals surface area contributed by atoms with Crippen LogP contribution in [-0.4, -0.2) is 56.1 Å². The van der Waals surface area contributed by atoms with Crippen LogP contribution in [0.15, 0.2) is 24.3 Å². The lowest BCUT2D eigenvalue weighted by Gasteiger charge is -2.22. The zero-order chi connectivity index (χ0) is 16.5.